The fourth-order valence-electron chi connectivity index (χ4n) is 4.56. The summed E-state index contributed by atoms with van der Waals surface area (Å²) in [6, 6.07) is 14.7. The van der Waals surface area contributed by atoms with E-state index < -0.39 is 40.4 Å². The molecule has 37 heavy (non-hydrogen) atoms. The van der Waals surface area contributed by atoms with E-state index in [1.54, 1.807) is 0 Å². The van der Waals surface area contributed by atoms with Crippen LogP contribution >= 0.6 is 0 Å². The Bertz CT molecular complexity index is 1370. The van der Waals surface area contributed by atoms with Crippen LogP contribution in [0.2, 0.25) is 0 Å². The van der Waals surface area contributed by atoms with Gasteiger partial charge < -0.3 is 25.2 Å². The van der Waals surface area contributed by atoms with Gasteiger partial charge in [-0.3, -0.25) is 14.2 Å². The molecule has 2 aromatic carbocycles. The molecule has 3 aliphatic rings. The van der Waals surface area contributed by atoms with Crippen molar-refractivity contribution < 1.29 is 28.6 Å². The van der Waals surface area contributed by atoms with E-state index in [4.69, 9.17) is 9.47 Å². The van der Waals surface area contributed by atoms with Crippen molar-refractivity contribution >= 4 is 12.0 Å². The van der Waals surface area contributed by atoms with Crippen LogP contribution in [-0.4, -0.2) is 39.4 Å². The number of aromatic hydroxyl groups is 1. The first-order valence-electron chi connectivity index (χ1n) is 11.8. The molecule has 2 unspecified atom stereocenters. The highest BCUT2D eigenvalue weighted by Crippen LogP contribution is 2.36. The summed E-state index contributed by atoms with van der Waals surface area (Å²) in [6.07, 6.45) is -0.127. The number of hydrogen-bond donors (Lipinski definition) is 3. The zero-order valence-corrected chi connectivity index (χ0v) is 19.8. The number of fused-ring (bicyclic) bond motifs is 2. The SMILES string of the molecule is O=C(NC12CCC(Cn3c1nc(C(=O)NCc1ccc(F)cc1)c(O)c3=O)OC2)OCc1ccccc1. The first kappa shape index (κ1) is 24.4. The Balaban J connectivity index is 1.41. The zero-order chi connectivity index (χ0) is 26.0. The van der Waals surface area contributed by atoms with Crippen LogP contribution < -0.4 is 16.2 Å². The summed E-state index contributed by atoms with van der Waals surface area (Å²) in [5.41, 5.74) is -1.09. The van der Waals surface area contributed by atoms with Crippen molar-refractivity contribution in [1.82, 2.24) is 20.2 Å². The Labute approximate surface area is 211 Å². The third-order valence-corrected chi connectivity index (χ3v) is 6.55. The number of ether oxygens (including phenoxy) is 2. The monoisotopic (exact) mass is 508 g/mol. The van der Waals surface area contributed by atoms with Gasteiger partial charge in [0.15, 0.2) is 5.69 Å². The van der Waals surface area contributed by atoms with Gasteiger partial charge in [-0.25, -0.2) is 14.2 Å². The number of aromatic nitrogens is 2. The molecule has 0 saturated carbocycles. The molecule has 0 aliphatic carbocycles. The van der Waals surface area contributed by atoms with E-state index in [0.717, 1.165) is 5.56 Å². The van der Waals surface area contributed by atoms with Crippen molar-refractivity contribution in [3.63, 3.8) is 0 Å². The van der Waals surface area contributed by atoms with E-state index in [1.807, 2.05) is 30.3 Å². The molecule has 10 nitrogen and oxygen atoms in total. The number of hydrogen-bond acceptors (Lipinski definition) is 7. The molecule has 3 N–H and O–H groups in total. The van der Waals surface area contributed by atoms with Crippen LogP contribution in [0.1, 0.15) is 40.3 Å². The minimum absolute atomic E-state index is 0.0198. The molecular formula is C26H25FN4O6. The lowest BCUT2D eigenvalue weighted by molar-refractivity contribution is -0.0352. The van der Waals surface area contributed by atoms with E-state index in [9.17, 15) is 23.9 Å². The number of halogens is 1. The average Bonchev–Trinajstić information content (AvgIpc) is 3.15. The zero-order valence-electron chi connectivity index (χ0n) is 19.8. The minimum Gasteiger partial charge on any atom is -0.501 e. The second-order valence-corrected chi connectivity index (χ2v) is 9.10. The van der Waals surface area contributed by atoms with Gasteiger partial charge in [-0.15, -0.1) is 0 Å². The molecule has 2 bridgehead atoms. The van der Waals surface area contributed by atoms with Crippen LogP contribution in [-0.2, 0) is 34.7 Å². The topological polar surface area (TPSA) is 132 Å². The van der Waals surface area contributed by atoms with Crippen molar-refractivity contribution in [2.24, 2.45) is 0 Å². The molecule has 6 rings (SSSR count). The Morgan fingerprint density at radius 3 is 2.62 bits per heavy atom. The third-order valence-electron chi connectivity index (χ3n) is 6.55. The molecule has 11 heteroatoms. The van der Waals surface area contributed by atoms with E-state index in [-0.39, 0.29) is 38.2 Å². The van der Waals surface area contributed by atoms with Crippen molar-refractivity contribution in [3.8, 4) is 5.75 Å². The molecule has 3 aliphatic heterocycles. The number of benzene rings is 2. The van der Waals surface area contributed by atoms with Crippen LogP contribution in [0.4, 0.5) is 9.18 Å². The summed E-state index contributed by atoms with van der Waals surface area (Å²) in [4.78, 5) is 43.2. The van der Waals surface area contributed by atoms with Crippen molar-refractivity contribution in [2.75, 3.05) is 6.61 Å². The lowest BCUT2D eigenvalue weighted by Crippen LogP contribution is -2.53. The molecule has 3 aromatic rings. The molecule has 1 saturated heterocycles. The maximum absolute atomic E-state index is 13.2. The van der Waals surface area contributed by atoms with Crippen LogP contribution in [0.5, 0.6) is 5.75 Å². The standard InChI is InChI=1S/C26H25FN4O6/c27-18-8-6-16(7-9-18)12-28-22(33)20-21(32)23(34)31-13-19-10-11-26(15-37-19,24(31)29-20)30-25(35)36-14-17-4-2-1-3-5-17/h1-9,19,32H,10-15H2,(H,28,33)(H,30,35). The summed E-state index contributed by atoms with van der Waals surface area (Å²) in [5, 5.41) is 15.9. The summed E-state index contributed by atoms with van der Waals surface area (Å²) >= 11 is 0. The maximum Gasteiger partial charge on any atom is 0.408 e. The van der Waals surface area contributed by atoms with E-state index >= 15 is 0 Å². The molecule has 2 amide bonds. The number of nitrogens with zero attached hydrogens (tertiary/aromatic N) is 2. The lowest BCUT2D eigenvalue weighted by Gasteiger charge is -2.36. The average molecular weight is 509 g/mol. The van der Waals surface area contributed by atoms with E-state index in [0.29, 0.717) is 18.4 Å². The van der Waals surface area contributed by atoms with Gasteiger partial charge in [-0.1, -0.05) is 42.5 Å². The second kappa shape index (κ2) is 10.0. The van der Waals surface area contributed by atoms with E-state index in [2.05, 4.69) is 15.6 Å². The number of rotatable bonds is 6. The maximum atomic E-state index is 13.2. The highest BCUT2D eigenvalue weighted by molar-refractivity contribution is 5.94. The van der Waals surface area contributed by atoms with Crippen molar-refractivity contribution in [2.45, 2.75) is 44.2 Å². The number of amides is 2. The summed E-state index contributed by atoms with van der Waals surface area (Å²) in [5.74, 6) is -1.89. The van der Waals surface area contributed by atoms with Crippen LogP contribution in [0.15, 0.2) is 59.4 Å². The van der Waals surface area contributed by atoms with Gasteiger partial charge in [0, 0.05) is 6.54 Å². The summed E-state index contributed by atoms with van der Waals surface area (Å²) < 4.78 is 25.7. The predicted molar refractivity (Wildman–Crippen MR) is 128 cm³/mol. The smallest absolute Gasteiger partial charge is 0.408 e. The van der Waals surface area contributed by atoms with Crippen molar-refractivity contribution in [3.05, 3.63) is 93.4 Å². The highest BCUT2D eigenvalue weighted by atomic mass is 19.1. The van der Waals surface area contributed by atoms with E-state index in [1.165, 1.54) is 28.8 Å². The third kappa shape index (κ3) is 5.03. The summed E-state index contributed by atoms with van der Waals surface area (Å²) in [6.45, 7) is 0.207. The van der Waals surface area contributed by atoms with Gasteiger partial charge in [-0.05, 0) is 36.1 Å². The second-order valence-electron chi connectivity index (χ2n) is 9.10. The predicted octanol–water partition coefficient (Wildman–Crippen LogP) is 2.33. The fourth-order valence-corrected chi connectivity index (χ4v) is 4.56. The first-order valence-corrected chi connectivity index (χ1v) is 11.8. The largest absolute Gasteiger partial charge is 0.501 e. The van der Waals surface area contributed by atoms with Crippen LogP contribution in [0, 0.1) is 5.82 Å². The number of alkyl carbamates (subject to hydrolysis) is 1. The molecule has 0 spiro atoms. The number of carbonyl (C=O) groups is 2. The quantitative estimate of drug-likeness (QED) is 0.466. The van der Waals surface area contributed by atoms with Gasteiger partial charge >= 0.3 is 6.09 Å². The van der Waals surface area contributed by atoms with Gasteiger partial charge in [0.25, 0.3) is 11.5 Å². The van der Waals surface area contributed by atoms with Gasteiger partial charge in [-0.2, -0.15) is 0 Å². The van der Waals surface area contributed by atoms with Crippen molar-refractivity contribution in [1.29, 1.82) is 0 Å². The molecule has 1 aromatic heterocycles. The molecule has 4 heterocycles. The summed E-state index contributed by atoms with van der Waals surface area (Å²) in [7, 11) is 0. The van der Waals surface area contributed by atoms with Gasteiger partial charge in [0.2, 0.25) is 5.75 Å². The Hall–Kier alpha value is -4.25. The normalized spacial score (nSPS) is 20.0. The molecule has 192 valence electrons. The lowest BCUT2D eigenvalue weighted by atomic mass is 9.90. The Morgan fingerprint density at radius 1 is 1.16 bits per heavy atom. The van der Waals surface area contributed by atoms with Crippen LogP contribution in [0.3, 0.4) is 0 Å². The number of nitrogens with one attached hydrogen (secondary N) is 2. The highest BCUT2D eigenvalue weighted by Gasteiger charge is 2.47. The van der Waals surface area contributed by atoms with Gasteiger partial charge in [0.1, 0.15) is 23.8 Å². The molecule has 2 atom stereocenters. The molecule has 1 fully saturated rings. The molecule has 0 radical (unpaired) electrons. The fraction of sp³-hybridized carbons (Fsp3) is 0.308. The number of carbonyl (C=O) groups excluding carboxylic acids is 2. The van der Waals surface area contributed by atoms with Gasteiger partial charge in [0.05, 0.1) is 19.3 Å². The first-order chi connectivity index (χ1) is 17.8. The Morgan fingerprint density at radius 2 is 1.92 bits per heavy atom. The molecular weight excluding hydrogens is 483 g/mol. The van der Waals surface area contributed by atoms with Crippen LogP contribution in [0.25, 0.3) is 0 Å². The minimum atomic E-state index is -1.24. The Kier molecular flexibility index (Phi) is 6.62.